The molecule has 0 spiro atoms. The maximum absolute atomic E-state index is 1.63. The molecule has 0 atom stereocenters. The summed E-state index contributed by atoms with van der Waals surface area (Å²) in [6.07, 6.45) is 19.0. The Hall–Kier alpha value is 1.38. The van der Waals surface area contributed by atoms with Crippen molar-refractivity contribution in [3.63, 3.8) is 0 Å². The van der Waals surface area contributed by atoms with Crippen LogP contribution in [-0.2, 0) is 0 Å². The Kier molecular flexibility index (Phi) is 12.1. The molecule has 2 aliphatic rings. The average Bonchev–Trinajstić information content (AvgIpc) is 2.63. The van der Waals surface area contributed by atoms with Gasteiger partial charge in [0, 0.05) is 0 Å². The summed E-state index contributed by atoms with van der Waals surface area (Å²) in [5, 5.41) is 0. The topological polar surface area (TPSA) is 0 Å². The quantitative estimate of drug-likeness (QED) is 0.423. The summed E-state index contributed by atoms with van der Waals surface area (Å²) in [4.78, 5) is 0. The minimum absolute atomic E-state index is 0. The van der Waals surface area contributed by atoms with Crippen LogP contribution in [0.15, 0.2) is 0 Å². The number of halogens is 2. The number of rotatable bonds is 2. The van der Waals surface area contributed by atoms with E-state index in [1.807, 2.05) is 0 Å². The second kappa shape index (κ2) is 11.2. The van der Waals surface area contributed by atoms with E-state index in [0.717, 1.165) is 0 Å². The fourth-order valence-electron chi connectivity index (χ4n) is 3.23. The molecule has 0 nitrogen and oxygen atoms in total. The fourth-order valence-corrected chi connectivity index (χ4v) is 9.36. The molecular formula is C14H26Cl2Sn. The molecule has 0 amide bonds. The molecule has 0 aliphatic heterocycles. The van der Waals surface area contributed by atoms with Gasteiger partial charge in [0.25, 0.3) is 0 Å². The molecule has 0 N–H and O–H groups in total. The molecule has 2 rings (SSSR count). The Labute approximate surface area is 130 Å². The summed E-state index contributed by atoms with van der Waals surface area (Å²) in [6.45, 7) is 0. The smallest absolute Gasteiger partial charge is 1.00 e. The minimum atomic E-state index is -0.0177. The Balaban J connectivity index is 0.00000128. The first-order valence-corrected chi connectivity index (χ1v) is 10.5. The van der Waals surface area contributed by atoms with Crippen molar-refractivity contribution in [1.82, 2.24) is 0 Å². The SMILES string of the molecule is C1CCC[CH]([Sn+2][CH]2CCCCCC2)CC1.[Cl-].[Cl-]. The summed E-state index contributed by atoms with van der Waals surface area (Å²) in [7, 11) is 0. The van der Waals surface area contributed by atoms with Crippen LogP contribution in [0.5, 0.6) is 0 Å². The third-order valence-corrected chi connectivity index (χ3v) is 10.2. The van der Waals surface area contributed by atoms with Gasteiger partial charge in [0.1, 0.15) is 0 Å². The van der Waals surface area contributed by atoms with E-state index in [1.165, 1.54) is 7.87 Å². The molecule has 0 radical (unpaired) electrons. The van der Waals surface area contributed by atoms with Gasteiger partial charge in [-0.2, -0.15) is 0 Å². The molecule has 0 unspecified atom stereocenters. The first-order valence-electron chi connectivity index (χ1n) is 7.21. The molecule has 0 saturated heterocycles. The van der Waals surface area contributed by atoms with E-state index in [0.29, 0.717) is 0 Å². The van der Waals surface area contributed by atoms with Crippen molar-refractivity contribution < 1.29 is 24.8 Å². The molecule has 0 heterocycles. The van der Waals surface area contributed by atoms with Gasteiger partial charge in [-0.05, 0) is 0 Å². The normalized spacial score (nSPS) is 23.5. The van der Waals surface area contributed by atoms with Crippen molar-refractivity contribution in [1.29, 1.82) is 0 Å². The van der Waals surface area contributed by atoms with E-state index in [2.05, 4.69) is 0 Å². The van der Waals surface area contributed by atoms with Crippen LogP contribution in [0.1, 0.15) is 77.0 Å². The molecule has 0 aromatic heterocycles. The molecule has 0 aromatic carbocycles. The standard InChI is InChI=1S/2C7H13.2ClH.Sn/c2*1-2-4-6-7-5-3-1;;;/h2*1H,2-7H2;2*1H;/q;;;;+2/p-2. The zero-order valence-electron chi connectivity index (χ0n) is 10.9. The molecule has 2 saturated carbocycles. The molecular weight excluding hydrogens is 358 g/mol. The van der Waals surface area contributed by atoms with Gasteiger partial charge in [-0.15, -0.1) is 0 Å². The number of hydrogen-bond donors (Lipinski definition) is 0. The third kappa shape index (κ3) is 7.52. The van der Waals surface area contributed by atoms with E-state index >= 15 is 0 Å². The van der Waals surface area contributed by atoms with Crippen molar-refractivity contribution in [2.75, 3.05) is 0 Å². The van der Waals surface area contributed by atoms with Crippen LogP contribution in [0.3, 0.4) is 0 Å². The van der Waals surface area contributed by atoms with Crippen molar-refractivity contribution >= 4 is 21.1 Å². The summed E-state index contributed by atoms with van der Waals surface area (Å²) in [6, 6.07) is 0. The summed E-state index contributed by atoms with van der Waals surface area (Å²) in [5.74, 6) is 0. The average molecular weight is 384 g/mol. The van der Waals surface area contributed by atoms with Gasteiger partial charge in [-0.25, -0.2) is 0 Å². The molecule has 3 heteroatoms. The summed E-state index contributed by atoms with van der Waals surface area (Å²) in [5.41, 5.74) is 0. The minimum Gasteiger partial charge on any atom is -1.00 e. The Bertz CT molecular complexity index is 142. The van der Waals surface area contributed by atoms with Crippen molar-refractivity contribution in [3.05, 3.63) is 0 Å². The molecule has 0 aromatic rings. The predicted molar refractivity (Wildman–Crippen MR) is 68.7 cm³/mol. The van der Waals surface area contributed by atoms with E-state index in [4.69, 9.17) is 0 Å². The van der Waals surface area contributed by atoms with Crippen LogP contribution in [0.2, 0.25) is 7.87 Å². The molecule has 2 aliphatic carbocycles. The second-order valence-electron chi connectivity index (χ2n) is 5.54. The molecule has 100 valence electrons. The van der Waals surface area contributed by atoms with Crippen LogP contribution in [0.25, 0.3) is 0 Å². The summed E-state index contributed by atoms with van der Waals surface area (Å²) >= 11 is -0.0177. The van der Waals surface area contributed by atoms with Gasteiger partial charge in [0.15, 0.2) is 0 Å². The van der Waals surface area contributed by atoms with E-state index in [1.54, 1.807) is 77.0 Å². The Morgan fingerprint density at radius 2 is 0.765 bits per heavy atom. The predicted octanol–water partition coefficient (Wildman–Crippen LogP) is -1.02. The van der Waals surface area contributed by atoms with Gasteiger partial charge in [-0.1, -0.05) is 0 Å². The van der Waals surface area contributed by atoms with E-state index < -0.39 is 0 Å². The van der Waals surface area contributed by atoms with Crippen LogP contribution in [0, 0.1) is 0 Å². The third-order valence-electron chi connectivity index (χ3n) is 4.18. The van der Waals surface area contributed by atoms with Gasteiger partial charge < -0.3 is 24.8 Å². The maximum Gasteiger partial charge on any atom is -1.00 e. The van der Waals surface area contributed by atoms with Crippen molar-refractivity contribution in [2.24, 2.45) is 0 Å². The van der Waals surface area contributed by atoms with Gasteiger partial charge >= 0.3 is 106 Å². The zero-order valence-corrected chi connectivity index (χ0v) is 15.3. The molecule has 2 fully saturated rings. The largest absolute Gasteiger partial charge is 1.00 e. The van der Waals surface area contributed by atoms with Gasteiger partial charge in [0.05, 0.1) is 0 Å². The van der Waals surface area contributed by atoms with Crippen LogP contribution >= 0.6 is 0 Å². The van der Waals surface area contributed by atoms with Crippen molar-refractivity contribution in [3.8, 4) is 0 Å². The second-order valence-corrected chi connectivity index (χ2v) is 11.2. The fraction of sp³-hybridized carbons (Fsp3) is 1.00. The zero-order chi connectivity index (χ0) is 10.3. The van der Waals surface area contributed by atoms with Crippen LogP contribution in [0.4, 0.5) is 0 Å². The first-order chi connectivity index (χ1) is 7.45. The van der Waals surface area contributed by atoms with E-state index in [9.17, 15) is 0 Å². The Morgan fingerprint density at radius 3 is 1.06 bits per heavy atom. The molecule has 0 bridgehead atoms. The number of hydrogen-bond acceptors (Lipinski definition) is 0. The van der Waals surface area contributed by atoms with Gasteiger partial charge in [0.2, 0.25) is 0 Å². The molecule has 17 heavy (non-hydrogen) atoms. The monoisotopic (exact) mass is 384 g/mol. The maximum atomic E-state index is 1.63. The van der Waals surface area contributed by atoms with Crippen LogP contribution in [-0.4, -0.2) is 21.1 Å². The van der Waals surface area contributed by atoms with Crippen LogP contribution < -0.4 is 24.8 Å². The van der Waals surface area contributed by atoms with Crippen molar-refractivity contribution in [2.45, 2.75) is 84.9 Å². The summed E-state index contributed by atoms with van der Waals surface area (Å²) < 4.78 is 2.55. The van der Waals surface area contributed by atoms with E-state index in [-0.39, 0.29) is 46.0 Å². The van der Waals surface area contributed by atoms with Gasteiger partial charge in [-0.3, -0.25) is 0 Å². The Morgan fingerprint density at radius 1 is 0.471 bits per heavy atom. The first kappa shape index (κ1) is 18.4.